The van der Waals surface area contributed by atoms with Crippen molar-refractivity contribution in [3.8, 4) is 0 Å². The van der Waals surface area contributed by atoms with Crippen molar-refractivity contribution in [2.24, 2.45) is 0 Å². The maximum atomic E-state index is 11.5. The number of benzene rings is 1. The zero-order valence-electron chi connectivity index (χ0n) is 14.4. The smallest absolute Gasteiger partial charge is 0.292 e. The van der Waals surface area contributed by atoms with Crippen LogP contribution in [0.3, 0.4) is 0 Å². The molecule has 0 saturated carbocycles. The van der Waals surface area contributed by atoms with Gasteiger partial charge in [0.05, 0.1) is 23.7 Å². The van der Waals surface area contributed by atoms with Crippen molar-refractivity contribution in [2.75, 3.05) is 43.1 Å². The van der Waals surface area contributed by atoms with Gasteiger partial charge in [0.2, 0.25) is 0 Å². The summed E-state index contributed by atoms with van der Waals surface area (Å²) in [6.45, 7) is 3.98. The molecule has 3 aliphatic heterocycles. The molecule has 0 unspecified atom stereocenters. The number of nitro benzene ring substituents is 1. The van der Waals surface area contributed by atoms with E-state index in [0.29, 0.717) is 6.61 Å². The number of hydrogen-bond donors (Lipinski definition) is 1. The molecule has 1 atom stereocenters. The van der Waals surface area contributed by atoms with Gasteiger partial charge in [0.1, 0.15) is 5.69 Å². The van der Waals surface area contributed by atoms with Crippen LogP contribution in [0.5, 0.6) is 0 Å². The lowest BCUT2D eigenvalue weighted by Crippen LogP contribution is -2.38. The third-order valence-electron chi connectivity index (χ3n) is 5.45. The zero-order chi connectivity index (χ0) is 17.2. The molecule has 136 valence electrons. The first-order chi connectivity index (χ1) is 12.2. The summed E-state index contributed by atoms with van der Waals surface area (Å²) >= 11 is 0. The number of rotatable bonds is 5. The molecular formula is C18H25N3O4. The van der Waals surface area contributed by atoms with Gasteiger partial charge < -0.3 is 19.7 Å². The van der Waals surface area contributed by atoms with E-state index in [2.05, 4.69) is 10.2 Å². The fourth-order valence-corrected chi connectivity index (χ4v) is 4.13. The molecule has 0 bridgehead atoms. The number of hydrogen-bond acceptors (Lipinski definition) is 6. The monoisotopic (exact) mass is 347 g/mol. The van der Waals surface area contributed by atoms with Gasteiger partial charge in [0.25, 0.3) is 5.69 Å². The normalized spacial score (nSPS) is 23.5. The second-order valence-corrected chi connectivity index (χ2v) is 7.05. The second kappa shape index (κ2) is 7.17. The van der Waals surface area contributed by atoms with Crippen LogP contribution in [-0.2, 0) is 15.9 Å². The van der Waals surface area contributed by atoms with E-state index in [0.717, 1.165) is 75.3 Å². The Balaban J connectivity index is 1.42. The fourth-order valence-electron chi connectivity index (χ4n) is 4.13. The number of nitrogens with one attached hydrogen (secondary N) is 1. The van der Waals surface area contributed by atoms with Crippen LogP contribution in [0.4, 0.5) is 17.1 Å². The second-order valence-electron chi connectivity index (χ2n) is 7.05. The van der Waals surface area contributed by atoms with E-state index in [-0.39, 0.29) is 22.8 Å². The van der Waals surface area contributed by atoms with Gasteiger partial charge in [0, 0.05) is 43.6 Å². The summed E-state index contributed by atoms with van der Waals surface area (Å²) in [6, 6.07) is 3.47. The van der Waals surface area contributed by atoms with Crippen LogP contribution in [0.15, 0.2) is 12.1 Å². The first-order valence-corrected chi connectivity index (χ1v) is 9.24. The van der Waals surface area contributed by atoms with Gasteiger partial charge in [-0.2, -0.15) is 0 Å². The number of fused-ring (bicyclic) bond motifs is 1. The Morgan fingerprint density at radius 1 is 1.32 bits per heavy atom. The SMILES string of the molecule is O=[N+]([O-])c1ccc2c(c1N1CCC(OC[C@H]3CCCO3)CC1)CCN2. The van der Waals surface area contributed by atoms with Crippen LogP contribution in [0, 0.1) is 10.1 Å². The molecule has 25 heavy (non-hydrogen) atoms. The van der Waals surface area contributed by atoms with E-state index in [4.69, 9.17) is 9.47 Å². The molecule has 0 aromatic heterocycles. The summed E-state index contributed by atoms with van der Waals surface area (Å²) in [5.41, 5.74) is 3.16. The Morgan fingerprint density at radius 2 is 2.16 bits per heavy atom. The van der Waals surface area contributed by atoms with E-state index in [9.17, 15) is 10.1 Å². The summed E-state index contributed by atoms with van der Waals surface area (Å²) < 4.78 is 11.6. The van der Waals surface area contributed by atoms with E-state index in [1.165, 1.54) is 0 Å². The van der Waals surface area contributed by atoms with Crippen LogP contribution in [0.2, 0.25) is 0 Å². The molecule has 2 fully saturated rings. The highest BCUT2D eigenvalue weighted by Gasteiger charge is 2.30. The Morgan fingerprint density at radius 3 is 2.88 bits per heavy atom. The van der Waals surface area contributed by atoms with E-state index in [1.807, 2.05) is 6.07 Å². The predicted octanol–water partition coefficient (Wildman–Crippen LogP) is 2.73. The Kier molecular flexibility index (Phi) is 4.76. The molecule has 1 aromatic rings. The minimum Gasteiger partial charge on any atom is -0.384 e. The van der Waals surface area contributed by atoms with Crippen LogP contribution in [0.1, 0.15) is 31.2 Å². The Bertz CT molecular complexity index is 637. The average molecular weight is 347 g/mol. The maximum Gasteiger partial charge on any atom is 0.292 e. The number of anilines is 2. The summed E-state index contributed by atoms with van der Waals surface area (Å²) in [6.07, 6.45) is 5.36. The number of nitrogens with zero attached hydrogens (tertiary/aromatic N) is 2. The molecule has 2 saturated heterocycles. The molecule has 4 rings (SSSR count). The summed E-state index contributed by atoms with van der Waals surface area (Å²) in [7, 11) is 0. The van der Waals surface area contributed by atoms with Crippen LogP contribution in [-0.4, -0.2) is 50.0 Å². The molecule has 7 heteroatoms. The zero-order valence-corrected chi connectivity index (χ0v) is 14.4. The Hall–Kier alpha value is -1.86. The van der Waals surface area contributed by atoms with Gasteiger partial charge in [-0.1, -0.05) is 0 Å². The lowest BCUT2D eigenvalue weighted by molar-refractivity contribution is -0.384. The van der Waals surface area contributed by atoms with Gasteiger partial charge >= 0.3 is 0 Å². The topological polar surface area (TPSA) is 76.9 Å². The molecule has 0 radical (unpaired) electrons. The lowest BCUT2D eigenvalue weighted by atomic mass is 10.0. The predicted molar refractivity (Wildman–Crippen MR) is 95.5 cm³/mol. The van der Waals surface area contributed by atoms with Crippen molar-refractivity contribution in [3.05, 3.63) is 27.8 Å². The molecule has 1 aromatic carbocycles. The van der Waals surface area contributed by atoms with Gasteiger partial charge in [-0.25, -0.2) is 0 Å². The first kappa shape index (κ1) is 16.6. The van der Waals surface area contributed by atoms with Crippen LogP contribution < -0.4 is 10.2 Å². The van der Waals surface area contributed by atoms with Crippen molar-refractivity contribution in [3.63, 3.8) is 0 Å². The standard InChI is InChI=1S/C18H25N3O4/c22-21(23)17-4-3-16-15(5-8-19-16)18(17)20-9-6-13(7-10-20)25-12-14-2-1-11-24-14/h3-4,13-14,19H,1-2,5-12H2/t14-/m1/s1. The van der Waals surface area contributed by atoms with E-state index < -0.39 is 0 Å². The number of piperidine rings is 1. The van der Waals surface area contributed by atoms with Crippen LogP contribution in [0.25, 0.3) is 0 Å². The highest BCUT2D eigenvalue weighted by Crippen LogP contribution is 2.40. The molecule has 3 heterocycles. The van der Waals surface area contributed by atoms with Gasteiger partial charge in [0.15, 0.2) is 0 Å². The molecule has 0 amide bonds. The minimum atomic E-state index is -0.256. The van der Waals surface area contributed by atoms with Crippen molar-refractivity contribution in [2.45, 2.75) is 44.3 Å². The largest absolute Gasteiger partial charge is 0.384 e. The molecule has 7 nitrogen and oxygen atoms in total. The van der Waals surface area contributed by atoms with Crippen molar-refractivity contribution < 1.29 is 14.4 Å². The van der Waals surface area contributed by atoms with E-state index >= 15 is 0 Å². The quantitative estimate of drug-likeness (QED) is 0.652. The highest BCUT2D eigenvalue weighted by molar-refractivity contribution is 5.78. The summed E-state index contributed by atoms with van der Waals surface area (Å²) in [4.78, 5) is 13.4. The summed E-state index contributed by atoms with van der Waals surface area (Å²) in [5, 5.41) is 14.8. The Labute approximate surface area is 147 Å². The molecule has 1 N–H and O–H groups in total. The third-order valence-corrected chi connectivity index (χ3v) is 5.45. The van der Waals surface area contributed by atoms with Gasteiger partial charge in [-0.15, -0.1) is 0 Å². The van der Waals surface area contributed by atoms with Crippen LogP contribution >= 0.6 is 0 Å². The number of ether oxygens (including phenoxy) is 2. The third kappa shape index (κ3) is 3.43. The fraction of sp³-hybridized carbons (Fsp3) is 0.667. The lowest BCUT2D eigenvalue weighted by Gasteiger charge is -2.34. The summed E-state index contributed by atoms with van der Waals surface area (Å²) in [5.74, 6) is 0. The maximum absolute atomic E-state index is 11.5. The molecule has 0 aliphatic carbocycles. The van der Waals surface area contributed by atoms with Crippen molar-refractivity contribution in [1.29, 1.82) is 0 Å². The molecule has 0 spiro atoms. The first-order valence-electron chi connectivity index (χ1n) is 9.24. The number of nitro groups is 1. The van der Waals surface area contributed by atoms with Crippen molar-refractivity contribution >= 4 is 17.1 Å². The van der Waals surface area contributed by atoms with E-state index in [1.54, 1.807) is 6.07 Å². The molecule has 3 aliphatic rings. The minimum absolute atomic E-state index is 0.223. The molecular weight excluding hydrogens is 322 g/mol. The van der Waals surface area contributed by atoms with Gasteiger partial charge in [-0.3, -0.25) is 10.1 Å². The van der Waals surface area contributed by atoms with Gasteiger partial charge in [-0.05, 0) is 38.2 Å². The van der Waals surface area contributed by atoms with Crippen molar-refractivity contribution in [1.82, 2.24) is 0 Å². The average Bonchev–Trinajstić information content (AvgIpc) is 3.30. The highest BCUT2D eigenvalue weighted by atomic mass is 16.6.